The standard InChI is InChI=1S/C68H54FN3OSi/c1-42(2)53-39-61-55-38-54(47-23-14-9-15-24-47)58(69)40-57(55)68(70(61)41-63(53)74(4,5)6)56-36-35-52-51-34-33-48(44-31-29-43(3)30-32-44)37-62(51)73-66(52)64(56)67-71(59-27-16-17-28-60(59)72(67)68)65-49(45-19-10-7-11-20-45)25-18-26-50(65)46-21-12-8-13-22-46/h7-42H,1-6H3/q+2/i42D. The minimum absolute atomic E-state index is 0.298. The largest absolute Gasteiger partial charge is 0.455 e. The summed E-state index contributed by atoms with van der Waals surface area (Å²) in [7, 11) is -2.20. The van der Waals surface area contributed by atoms with Crippen molar-refractivity contribution in [3.63, 3.8) is 0 Å². The highest BCUT2D eigenvalue weighted by molar-refractivity contribution is 6.89. The Morgan fingerprint density at radius 3 is 1.84 bits per heavy atom. The zero-order chi connectivity index (χ0) is 51.1. The van der Waals surface area contributed by atoms with Crippen LogP contribution >= 0.6 is 0 Å². The molecule has 4 nitrogen and oxygen atoms in total. The summed E-state index contributed by atoms with van der Waals surface area (Å²) >= 11 is 0. The molecule has 0 bridgehead atoms. The molecule has 9 aromatic carbocycles. The van der Waals surface area contributed by atoms with Crippen molar-refractivity contribution in [1.29, 1.82) is 0 Å². The van der Waals surface area contributed by atoms with Crippen molar-refractivity contribution in [2.24, 2.45) is 0 Å². The molecule has 1 unspecified atom stereocenters. The van der Waals surface area contributed by atoms with Crippen LogP contribution in [0.3, 0.4) is 0 Å². The van der Waals surface area contributed by atoms with Gasteiger partial charge < -0.3 is 4.42 Å². The smallest absolute Gasteiger partial charge is 0.365 e. The van der Waals surface area contributed by atoms with Crippen LogP contribution in [0.4, 0.5) is 4.39 Å². The molecule has 1 spiro atoms. The third-order valence-electron chi connectivity index (χ3n) is 15.8. The SMILES string of the molecule is [2H]C(C)(C)c1cc2[n+](cc1[Si](C)(C)C)C1(c3cc(F)c(-c4ccccc4)cc3-2)c2ccc3c(oc4cc(-c5ccc(C)cc5)ccc43)c2-c2n(-c3c(-c4ccccc4)cccc3-c3ccccc3)c3ccccc3[n+]21. The summed E-state index contributed by atoms with van der Waals surface area (Å²) in [4.78, 5) is 0. The number of aromatic nitrogens is 3. The quantitative estimate of drug-likeness (QED) is 0.115. The van der Waals surface area contributed by atoms with Crippen LogP contribution in [0.5, 0.6) is 0 Å². The van der Waals surface area contributed by atoms with Crippen molar-refractivity contribution in [3.8, 4) is 72.8 Å². The maximum absolute atomic E-state index is 17.9. The second-order valence-corrected chi connectivity index (χ2v) is 26.5. The molecular weight excluding hydrogens is 922 g/mol. The third kappa shape index (κ3) is 6.31. The van der Waals surface area contributed by atoms with Gasteiger partial charge in [0, 0.05) is 40.1 Å². The van der Waals surface area contributed by atoms with E-state index in [-0.39, 0.29) is 5.82 Å². The molecule has 0 fully saturated rings. The van der Waals surface area contributed by atoms with Crippen LogP contribution in [-0.4, -0.2) is 12.6 Å². The van der Waals surface area contributed by atoms with Gasteiger partial charge in [-0.25, -0.2) is 4.39 Å². The van der Waals surface area contributed by atoms with E-state index in [1.54, 1.807) is 0 Å². The Bertz CT molecular complexity index is 4260. The summed E-state index contributed by atoms with van der Waals surface area (Å²) in [6, 6.07) is 72.5. The first-order valence-corrected chi connectivity index (χ1v) is 29.2. The summed E-state index contributed by atoms with van der Waals surface area (Å²) < 4.78 is 42.5. The fourth-order valence-corrected chi connectivity index (χ4v) is 14.1. The van der Waals surface area contributed by atoms with Gasteiger partial charge in [0.05, 0.1) is 24.8 Å². The molecule has 2 aliphatic heterocycles. The summed E-state index contributed by atoms with van der Waals surface area (Å²) in [6.07, 6.45) is 2.36. The van der Waals surface area contributed by atoms with Crippen LogP contribution in [0, 0.1) is 12.7 Å². The average Bonchev–Trinajstić information content (AvgIpc) is 4.07. The number of aryl methyl sites for hydroxylation is 1. The van der Waals surface area contributed by atoms with Crippen LogP contribution in [0.25, 0.3) is 106 Å². The number of para-hydroxylation sites is 3. The number of benzene rings is 9. The van der Waals surface area contributed by atoms with Crippen LogP contribution in [0.2, 0.25) is 19.6 Å². The molecule has 14 rings (SSSR count). The third-order valence-corrected chi connectivity index (χ3v) is 17.8. The number of nitrogens with zero attached hydrogens (tertiary/aromatic N) is 3. The van der Waals surface area contributed by atoms with Crippen molar-refractivity contribution >= 4 is 46.2 Å². The molecule has 0 aliphatic carbocycles. The molecule has 12 aromatic rings. The zero-order valence-electron chi connectivity index (χ0n) is 43.3. The summed E-state index contributed by atoms with van der Waals surface area (Å²) in [5.74, 6) is -0.292. The second kappa shape index (κ2) is 16.3. The molecule has 6 heteroatoms. The zero-order valence-corrected chi connectivity index (χ0v) is 43.3. The maximum Gasteiger partial charge on any atom is 0.365 e. The Morgan fingerprint density at radius 1 is 0.581 bits per heavy atom. The molecule has 0 amide bonds. The fourth-order valence-electron chi connectivity index (χ4n) is 12.4. The van der Waals surface area contributed by atoms with Gasteiger partial charge in [-0.3, -0.25) is 0 Å². The number of imidazole rings is 1. The van der Waals surface area contributed by atoms with Gasteiger partial charge in [-0.1, -0.05) is 191 Å². The average molecular weight is 977 g/mol. The van der Waals surface area contributed by atoms with Gasteiger partial charge >= 0.3 is 11.5 Å². The van der Waals surface area contributed by atoms with E-state index in [0.717, 1.165) is 117 Å². The predicted octanol–water partition coefficient (Wildman–Crippen LogP) is 16.1. The van der Waals surface area contributed by atoms with Gasteiger partial charge in [-0.2, -0.15) is 4.57 Å². The number of furan rings is 1. The van der Waals surface area contributed by atoms with E-state index in [0.29, 0.717) is 5.56 Å². The van der Waals surface area contributed by atoms with E-state index in [1.807, 2.05) is 50.2 Å². The first-order valence-electron chi connectivity index (χ1n) is 26.2. The molecular formula is C68H54FN3OSi+2. The van der Waals surface area contributed by atoms with Crippen molar-refractivity contribution in [3.05, 3.63) is 241 Å². The Morgan fingerprint density at radius 2 is 1.19 bits per heavy atom. The molecule has 356 valence electrons. The van der Waals surface area contributed by atoms with Crippen LogP contribution in [0.1, 0.15) is 43.4 Å². The van der Waals surface area contributed by atoms with Gasteiger partial charge in [-0.05, 0) is 94.7 Å². The second-order valence-electron chi connectivity index (χ2n) is 21.5. The highest BCUT2D eigenvalue weighted by Gasteiger charge is 2.67. The van der Waals surface area contributed by atoms with E-state index in [9.17, 15) is 1.37 Å². The predicted molar refractivity (Wildman–Crippen MR) is 303 cm³/mol. The molecule has 74 heavy (non-hydrogen) atoms. The number of hydrogen-bond donors (Lipinski definition) is 0. The van der Waals surface area contributed by atoms with Gasteiger partial charge in [-0.15, -0.1) is 9.13 Å². The highest BCUT2D eigenvalue weighted by atomic mass is 28.3. The highest BCUT2D eigenvalue weighted by Crippen LogP contribution is 2.54. The molecule has 0 radical (unpaired) electrons. The molecule has 1 atom stereocenters. The molecule has 0 N–H and O–H groups in total. The lowest BCUT2D eigenvalue weighted by Crippen LogP contribution is -2.72. The van der Waals surface area contributed by atoms with Crippen molar-refractivity contribution in [2.75, 3.05) is 0 Å². The van der Waals surface area contributed by atoms with E-state index >= 15 is 4.39 Å². The van der Waals surface area contributed by atoms with Crippen LogP contribution in [-0.2, 0) is 5.66 Å². The summed E-state index contributed by atoms with van der Waals surface area (Å²) in [5, 5.41) is 3.22. The first-order chi connectivity index (χ1) is 36.3. The lowest BCUT2D eigenvalue weighted by molar-refractivity contribution is -0.944. The topological polar surface area (TPSA) is 25.8 Å². The number of hydrogen-bond acceptors (Lipinski definition) is 1. The number of rotatable bonds is 7. The lowest BCUT2D eigenvalue weighted by atomic mass is 9.87. The summed E-state index contributed by atoms with van der Waals surface area (Å²) in [5.41, 5.74) is 18.1. The first kappa shape index (κ1) is 43.2. The fraction of sp³-hybridized carbons (Fsp3) is 0.118. The number of pyridine rings is 1. The van der Waals surface area contributed by atoms with E-state index in [2.05, 4.69) is 216 Å². The number of fused-ring (bicyclic) bond motifs is 16. The van der Waals surface area contributed by atoms with Crippen LogP contribution < -0.4 is 14.3 Å². The molecule has 0 saturated carbocycles. The van der Waals surface area contributed by atoms with Gasteiger partial charge in [0.25, 0.3) is 0 Å². The minimum Gasteiger partial charge on any atom is -0.455 e. The monoisotopic (exact) mass is 976 g/mol. The Kier molecular flexibility index (Phi) is 9.49. The van der Waals surface area contributed by atoms with E-state index in [1.165, 1.54) is 10.8 Å². The minimum atomic E-state index is -2.20. The Labute approximate surface area is 433 Å². The Balaban J connectivity index is 1.21. The van der Waals surface area contributed by atoms with E-state index in [4.69, 9.17) is 4.42 Å². The van der Waals surface area contributed by atoms with Gasteiger partial charge in [0.1, 0.15) is 22.7 Å². The van der Waals surface area contributed by atoms with Crippen molar-refractivity contribution < 1.29 is 19.3 Å². The molecule has 2 aliphatic rings. The van der Waals surface area contributed by atoms with Gasteiger partial charge in [0.15, 0.2) is 22.8 Å². The van der Waals surface area contributed by atoms with Gasteiger partial charge in [0.2, 0.25) is 5.69 Å². The van der Waals surface area contributed by atoms with Crippen molar-refractivity contribution in [1.82, 2.24) is 4.57 Å². The van der Waals surface area contributed by atoms with E-state index < -0.39 is 19.6 Å². The summed E-state index contributed by atoms with van der Waals surface area (Å²) in [6.45, 7) is 13.2. The Hall–Kier alpha value is -8.45. The van der Waals surface area contributed by atoms with Crippen molar-refractivity contribution in [2.45, 2.75) is 52.0 Å². The number of halogens is 1. The lowest BCUT2D eigenvalue weighted by Gasteiger charge is -2.25. The van der Waals surface area contributed by atoms with Crippen LogP contribution in [0.15, 0.2) is 217 Å². The maximum atomic E-state index is 17.9. The molecule has 5 heterocycles. The normalized spacial score (nSPS) is 14.9. The molecule has 0 saturated heterocycles. The molecule has 3 aromatic heterocycles.